The Morgan fingerprint density at radius 3 is 2.53 bits per heavy atom. The summed E-state index contributed by atoms with van der Waals surface area (Å²) in [6, 6.07) is 11.3. The number of nitrogens with one attached hydrogen (secondary N) is 1. The van der Waals surface area contributed by atoms with Gasteiger partial charge in [-0.15, -0.1) is 11.3 Å². The smallest absolute Gasteiger partial charge is 0.263 e. The summed E-state index contributed by atoms with van der Waals surface area (Å²) in [6.07, 6.45) is 2.79. The standard InChI is InChI=1S/C21H27N3O7S3/c1-33(26,27)23-12-13-24(17(15-23)21(25)22-31-19-9-5-6-14-30-19)34(28,29)20-11-10-18(32-20)16-7-3-2-4-8-16/h2-4,7-8,10-11,17,19H,5-6,9,12-15H2,1H3,(H,22,25). The molecule has 1 amide bonds. The quantitative estimate of drug-likeness (QED) is 0.541. The van der Waals surface area contributed by atoms with Crippen LogP contribution in [0.3, 0.4) is 0 Å². The Morgan fingerprint density at radius 1 is 1.09 bits per heavy atom. The van der Waals surface area contributed by atoms with Crippen LogP contribution in [-0.2, 0) is 34.4 Å². The molecule has 0 bridgehead atoms. The fourth-order valence-electron chi connectivity index (χ4n) is 3.87. The maximum atomic E-state index is 13.5. The molecule has 1 aromatic heterocycles. The summed E-state index contributed by atoms with van der Waals surface area (Å²) in [5.41, 5.74) is 3.17. The zero-order valence-corrected chi connectivity index (χ0v) is 21.1. The van der Waals surface area contributed by atoms with Gasteiger partial charge >= 0.3 is 0 Å². The van der Waals surface area contributed by atoms with Gasteiger partial charge in [0.1, 0.15) is 10.3 Å². The van der Waals surface area contributed by atoms with Crippen molar-refractivity contribution in [1.29, 1.82) is 0 Å². The Balaban J connectivity index is 1.57. The molecule has 0 aliphatic carbocycles. The van der Waals surface area contributed by atoms with Crippen molar-refractivity contribution in [2.75, 3.05) is 32.5 Å². The number of sulfonamides is 2. The van der Waals surface area contributed by atoms with Gasteiger partial charge in [0, 0.05) is 37.5 Å². The van der Waals surface area contributed by atoms with Crippen LogP contribution in [0.25, 0.3) is 10.4 Å². The zero-order valence-electron chi connectivity index (χ0n) is 18.6. The van der Waals surface area contributed by atoms with Crippen LogP contribution >= 0.6 is 11.3 Å². The molecule has 0 saturated carbocycles. The molecule has 2 aliphatic rings. The van der Waals surface area contributed by atoms with Crippen molar-refractivity contribution in [3.63, 3.8) is 0 Å². The Morgan fingerprint density at radius 2 is 1.85 bits per heavy atom. The summed E-state index contributed by atoms with van der Waals surface area (Å²) < 4.78 is 59.0. The lowest BCUT2D eigenvalue weighted by Crippen LogP contribution is -2.61. The summed E-state index contributed by atoms with van der Waals surface area (Å²) in [4.78, 5) is 19.1. The number of carbonyl (C=O) groups is 1. The number of rotatable bonds is 7. The Labute approximate surface area is 203 Å². The maximum absolute atomic E-state index is 13.5. The van der Waals surface area contributed by atoms with E-state index < -0.39 is 38.3 Å². The van der Waals surface area contributed by atoms with Crippen LogP contribution in [-0.4, -0.2) is 76.2 Å². The third-order valence-electron chi connectivity index (χ3n) is 5.70. The fourth-order valence-corrected chi connectivity index (χ4v) is 7.71. The van der Waals surface area contributed by atoms with E-state index in [2.05, 4.69) is 5.48 Å². The van der Waals surface area contributed by atoms with E-state index in [4.69, 9.17) is 9.57 Å². The first-order valence-electron chi connectivity index (χ1n) is 10.9. The average Bonchev–Trinajstić information content (AvgIpc) is 3.34. The van der Waals surface area contributed by atoms with Gasteiger partial charge in [-0.3, -0.25) is 4.79 Å². The number of hydroxylamine groups is 1. The molecule has 4 rings (SSSR count). The molecule has 2 atom stereocenters. The molecule has 1 N–H and O–H groups in total. The van der Waals surface area contributed by atoms with Crippen LogP contribution in [0.4, 0.5) is 0 Å². The van der Waals surface area contributed by atoms with Gasteiger partial charge in [0.25, 0.3) is 15.9 Å². The number of thiophene rings is 1. The van der Waals surface area contributed by atoms with E-state index in [0.29, 0.717) is 13.0 Å². The maximum Gasteiger partial charge on any atom is 0.263 e. The number of hydrogen-bond donors (Lipinski definition) is 1. The molecule has 3 heterocycles. The lowest BCUT2D eigenvalue weighted by atomic mass is 10.2. The molecule has 2 saturated heterocycles. The highest BCUT2D eigenvalue weighted by molar-refractivity contribution is 7.91. The Bertz CT molecular complexity index is 1210. The van der Waals surface area contributed by atoms with Crippen molar-refractivity contribution in [1.82, 2.24) is 14.1 Å². The van der Waals surface area contributed by atoms with Gasteiger partial charge in [-0.05, 0) is 30.5 Å². The molecule has 0 radical (unpaired) electrons. The minimum atomic E-state index is -4.07. The lowest BCUT2D eigenvalue weighted by molar-refractivity contribution is -0.202. The largest absolute Gasteiger partial charge is 0.350 e. The van der Waals surface area contributed by atoms with E-state index in [1.165, 1.54) is 6.07 Å². The highest BCUT2D eigenvalue weighted by Crippen LogP contribution is 2.33. The SMILES string of the molecule is CS(=O)(=O)N1CCN(S(=O)(=O)c2ccc(-c3ccccc3)s2)C(C(=O)NOC2CCCCO2)C1. The zero-order chi connectivity index (χ0) is 24.3. The number of nitrogens with zero attached hydrogens (tertiary/aromatic N) is 2. The van der Waals surface area contributed by atoms with Crippen molar-refractivity contribution < 1.29 is 31.2 Å². The molecule has 10 nitrogen and oxygen atoms in total. The van der Waals surface area contributed by atoms with E-state index in [0.717, 1.165) is 49.5 Å². The number of piperazine rings is 1. The number of benzene rings is 1. The van der Waals surface area contributed by atoms with Crippen molar-refractivity contribution in [2.45, 2.75) is 35.8 Å². The van der Waals surface area contributed by atoms with E-state index in [9.17, 15) is 21.6 Å². The monoisotopic (exact) mass is 529 g/mol. The molecule has 2 aliphatic heterocycles. The Kier molecular flexibility index (Phi) is 7.72. The van der Waals surface area contributed by atoms with Crippen LogP contribution in [0.15, 0.2) is 46.7 Å². The van der Waals surface area contributed by atoms with Crippen molar-refractivity contribution in [2.24, 2.45) is 0 Å². The number of ether oxygens (including phenoxy) is 1. The first-order chi connectivity index (χ1) is 16.2. The first-order valence-corrected chi connectivity index (χ1v) is 15.0. The molecule has 1 aromatic carbocycles. The molecule has 2 unspecified atom stereocenters. The Hall–Kier alpha value is -1.87. The second-order valence-electron chi connectivity index (χ2n) is 8.12. The summed E-state index contributed by atoms with van der Waals surface area (Å²) >= 11 is 1.10. The summed E-state index contributed by atoms with van der Waals surface area (Å²) in [5.74, 6) is -0.745. The molecule has 2 aromatic rings. The minimum absolute atomic E-state index is 0.0502. The van der Waals surface area contributed by atoms with Crippen molar-refractivity contribution in [3.05, 3.63) is 42.5 Å². The van der Waals surface area contributed by atoms with Gasteiger partial charge < -0.3 is 4.74 Å². The second kappa shape index (κ2) is 10.4. The molecule has 34 heavy (non-hydrogen) atoms. The predicted octanol–water partition coefficient (Wildman–Crippen LogP) is 1.62. The number of hydrogen-bond acceptors (Lipinski definition) is 8. The van der Waals surface area contributed by atoms with Crippen LogP contribution in [0, 0.1) is 0 Å². The number of amides is 1. The highest BCUT2D eigenvalue weighted by Gasteiger charge is 2.43. The molecular formula is C21H27N3O7S3. The fraction of sp³-hybridized carbons (Fsp3) is 0.476. The summed E-state index contributed by atoms with van der Waals surface area (Å²) in [7, 11) is -7.70. The van der Waals surface area contributed by atoms with Crippen LogP contribution in [0.2, 0.25) is 0 Å². The van der Waals surface area contributed by atoms with Gasteiger partial charge in [0.15, 0.2) is 6.29 Å². The predicted molar refractivity (Wildman–Crippen MR) is 127 cm³/mol. The second-order valence-corrected chi connectivity index (χ2v) is 13.3. The average molecular weight is 530 g/mol. The van der Waals surface area contributed by atoms with Gasteiger partial charge in [-0.2, -0.15) is 8.61 Å². The molecule has 186 valence electrons. The normalized spacial score (nSPS) is 23.0. The first kappa shape index (κ1) is 25.2. The lowest BCUT2D eigenvalue weighted by Gasteiger charge is -2.38. The van der Waals surface area contributed by atoms with Crippen LogP contribution < -0.4 is 5.48 Å². The van der Waals surface area contributed by atoms with E-state index in [1.54, 1.807) is 6.07 Å². The van der Waals surface area contributed by atoms with Gasteiger partial charge in [0.2, 0.25) is 10.0 Å². The van der Waals surface area contributed by atoms with Crippen LogP contribution in [0.1, 0.15) is 19.3 Å². The van der Waals surface area contributed by atoms with E-state index in [1.807, 2.05) is 30.3 Å². The molecule has 2 fully saturated rings. The van der Waals surface area contributed by atoms with E-state index >= 15 is 0 Å². The highest BCUT2D eigenvalue weighted by atomic mass is 32.2. The summed E-state index contributed by atoms with van der Waals surface area (Å²) in [5, 5.41) is 0. The van der Waals surface area contributed by atoms with Gasteiger partial charge in [-0.1, -0.05) is 30.3 Å². The molecular weight excluding hydrogens is 502 g/mol. The third kappa shape index (κ3) is 5.67. The number of carbonyl (C=O) groups excluding carboxylic acids is 1. The van der Waals surface area contributed by atoms with Crippen molar-refractivity contribution in [3.8, 4) is 10.4 Å². The summed E-state index contributed by atoms with van der Waals surface area (Å²) in [6.45, 7) is -0.0124. The van der Waals surface area contributed by atoms with Gasteiger partial charge in [0.05, 0.1) is 6.26 Å². The van der Waals surface area contributed by atoms with Gasteiger partial charge in [-0.25, -0.2) is 27.2 Å². The third-order valence-corrected chi connectivity index (χ3v) is 10.5. The molecule has 13 heteroatoms. The molecule has 0 spiro atoms. The van der Waals surface area contributed by atoms with Crippen LogP contribution in [0.5, 0.6) is 0 Å². The topological polar surface area (TPSA) is 122 Å². The van der Waals surface area contributed by atoms with Crippen molar-refractivity contribution >= 4 is 37.3 Å². The minimum Gasteiger partial charge on any atom is -0.350 e. The van der Waals surface area contributed by atoms with E-state index in [-0.39, 0.29) is 23.8 Å².